The van der Waals surface area contributed by atoms with E-state index in [4.69, 9.17) is 5.53 Å². The smallest absolute Gasteiger partial charge is 0.282 e. The molecule has 2 fully saturated rings. The minimum absolute atomic E-state index is 0.00163. The summed E-state index contributed by atoms with van der Waals surface area (Å²) in [6, 6.07) is 0. The van der Waals surface area contributed by atoms with Crippen molar-refractivity contribution in [1.82, 2.24) is 10.2 Å². The Labute approximate surface area is 175 Å². The zero-order valence-corrected chi connectivity index (χ0v) is 17.7. The van der Waals surface area contributed by atoms with E-state index in [-0.39, 0.29) is 40.9 Å². The number of hydrogen-bond acceptors (Lipinski definition) is 3. The van der Waals surface area contributed by atoms with Gasteiger partial charge in [-0.3, -0.25) is 5.10 Å². The van der Waals surface area contributed by atoms with Crippen LogP contribution >= 0.6 is 0 Å². The summed E-state index contributed by atoms with van der Waals surface area (Å²) in [4.78, 5) is 3.03. The number of H-pyrrole nitrogens is 1. The molecule has 1 heterocycles. The molecule has 0 radical (unpaired) electrons. The average molecular weight is 420 g/mol. The number of alkyl halides is 2. The van der Waals surface area contributed by atoms with Crippen molar-refractivity contribution in [2.75, 3.05) is 13.2 Å². The zero-order chi connectivity index (χ0) is 21.7. The number of halogens is 2. The van der Waals surface area contributed by atoms with E-state index in [1.54, 1.807) is 0 Å². The molecule has 30 heavy (non-hydrogen) atoms. The van der Waals surface area contributed by atoms with Crippen LogP contribution in [-0.2, 0) is 12.8 Å². The lowest BCUT2D eigenvalue weighted by Gasteiger charge is -2.55. The van der Waals surface area contributed by atoms with Gasteiger partial charge in [0.25, 0.3) is 6.43 Å². The Morgan fingerprint density at radius 3 is 2.80 bits per heavy atom. The summed E-state index contributed by atoms with van der Waals surface area (Å²) in [5.41, 5.74) is 11.2. The van der Waals surface area contributed by atoms with E-state index in [2.05, 4.69) is 40.6 Å². The number of nitrogens with zero attached hydrogens (tertiary/aromatic N) is 4. The number of fused-ring (bicyclic) bond motifs is 2. The van der Waals surface area contributed by atoms with Gasteiger partial charge in [0.05, 0.1) is 0 Å². The fraction of sp³-hybridized carbons (Fsp3) is 0.773. The number of allylic oxidation sites excluding steroid dienone is 1. The zero-order valence-electron chi connectivity index (χ0n) is 17.7. The average Bonchev–Trinajstić information content (AvgIpc) is 3.25. The standard InChI is InChI=1S/C22H31F2N5O/c1-12-4-5-16-15(10-26-29-25)17(6-7-21(12,16)2)22(3)9-14-18(8-13(22)11-30)27-28-19(14)20(23)24/h13,15-17,20,30H,1,4-11H2,2-3H3,(H,27,28)/t13-,15+,16+,17+,21-,22+/m1/s1. The summed E-state index contributed by atoms with van der Waals surface area (Å²) >= 11 is 0. The molecule has 2 N–H and O–H groups in total. The molecule has 0 aliphatic heterocycles. The van der Waals surface area contributed by atoms with Crippen molar-refractivity contribution in [1.29, 1.82) is 0 Å². The van der Waals surface area contributed by atoms with E-state index in [0.29, 0.717) is 30.9 Å². The summed E-state index contributed by atoms with van der Waals surface area (Å²) < 4.78 is 27.2. The van der Waals surface area contributed by atoms with Crippen LogP contribution in [-0.4, -0.2) is 28.5 Å². The summed E-state index contributed by atoms with van der Waals surface area (Å²) in [6.07, 6.45) is 2.29. The second-order valence-electron chi connectivity index (χ2n) is 10.0. The molecule has 4 rings (SSSR count). The maximum atomic E-state index is 13.6. The van der Waals surface area contributed by atoms with Crippen LogP contribution in [0.2, 0.25) is 0 Å². The summed E-state index contributed by atoms with van der Waals surface area (Å²) in [7, 11) is 0. The van der Waals surface area contributed by atoms with Crippen LogP contribution in [0.5, 0.6) is 0 Å². The largest absolute Gasteiger partial charge is 0.396 e. The van der Waals surface area contributed by atoms with Gasteiger partial charge in [0.15, 0.2) is 0 Å². The molecule has 0 unspecified atom stereocenters. The lowest BCUT2D eigenvalue weighted by atomic mass is 9.49. The molecule has 2 saturated carbocycles. The van der Waals surface area contributed by atoms with Crippen LogP contribution < -0.4 is 0 Å². The van der Waals surface area contributed by atoms with E-state index in [1.165, 1.54) is 5.57 Å². The molecular formula is C22H31F2N5O. The third-order valence-corrected chi connectivity index (χ3v) is 8.95. The number of hydrogen-bond donors (Lipinski definition) is 2. The minimum atomic E-state index is -2.62. The van der Waals surface area contributed by atoms with Crippen LogP contribution in [0.4, 0.5) is 8.78 Å². The van der Waals surface area contributed by atoms with Crippen LogP contribution in [0.1, 0.15) is 62.9 Å². The first kappa shape index (κ1) is 21.3. The van der Waals surface area contributed by atoms with Crippen molar-refractivity contribution in [2.24, 2.45) is 39.6 Å². The Balaban J connectivity index is 1.74. The fourth-order valence-corrected chi connectivity index (χ4v) is 7.07. The molecule has 0 saturated heterocycles. The second-order valence-corrected chi connectivity index (χ2v) is 10.0. The number of azide groups is 1. The Hall–Kier alpha value is -1.92. The van der Waals surface area contributed by atoms with Crippen molar-refractivity contribution in [2.45, 2.75) is 58.8 Å². The normalized spacial score (nSPS) is 38.3. The van der Waals surface area contributed by atoms with Gasteiger partial charge in [-0.2, -0.15) is 5.10 Å². The van der Waals surface area contributed by atoms with Gasteiger partial charge in [0.1, 0.15) is 5.69 Å². The summed E-state index contributed by atoms with van der Waals surface area (Å²) in [5, 5.41) is 20.9. The van der Waals surface area contributed by atoms with Gasteiger partial charge in [0.2, 0.25) is 0 Å². The third-order valence-electron chi connectivity index (χ3n) is 8.95. The predicted octanol–water partition coefficient (Wildman–Crippen LogP) is 5.37. The van der Waals surface area contributed by atoms with Gasteiger partial charge < -0.3 is 5.11 Å². The molecule has 3 aliphatic carbocycles. The van der Waals surface area contributed by atoms with Gasteiger partial charge in [-0.25, -0.2) is 8.78 Å². The molecule has 6 atom stereocenters. The molecule has 1 aromatic rings. The van der Waals surface area contributed by atoms with Crippen LogP contribution in [0.3, 0.4) is 0 Å². The molecule has 0 aromatic carbocycles. The molecular weight excluding hydrogens is 388 g/mol. The maximum absolute atomic E-state index is 13.6. The van der Waals surface area contributed by atoms with E-state index in [1.807, 2.05) is 0 Å². The Morgan fingerprint density at radius 2 is 2.13 bits per heavy atom. The summed E-state index contributed by atoms with van der Waals surface area (Å²) in [5.74, 6) is 0.647. The van der Waals surface area contributed by atoms with Crippen molar-refractivity contribution in [3.8, 4) is 0 Å². The van der Waals surface area contributed by atoms with E-state index < -0.39 is 6.43 Å². The molecule has 0 amide bonds. The van der Waals surface area contributed by atoms with Crippen LogP contribution in [0, 0.1) is 34.5 Å². The molecule has 0 bridgehead atoms. The Morgan fingerprint density at radius 1 is 1.37 bits per heavy atom. The van der Waals surface area contributed by atoms with Crippen molar-refractivity contribution in [3.05, 3.63) is 39.5 Å². The maximum Gasteiger partial charge on any atom is 0.282 e. The van der Waals surface area contributed by atoms with Gasteiger partial charge in [-0.1, -0.05) is 31.1 Å². The first-order valence-corrected chi connectivity index (χ1v) is 10.9. The molecule has 3 aliphatic rings. The molecule has 164 valence electrons. The van der Waals surface area contributed by atoms with E-state index >= 15 is 0 Å². The molecule has 6 nitrogen and oxygen atoms in total. The van der Waals surface area contributed by atoms with Gasteiger partial charge in [0, 0.05) is 29.3 Å². The van der Waals surface area contributed by atoms with Crippen molar-refractivity contribution < 1.29 is 13.9 Å². The minimum Gasteiger partial charge on any atom is -0.396 e. The van der Waals surface area contributed by atoms with Crippen LogP contribution in [0.25, 0.3) is 10.4 Å². The number of nitrogens with one attached hydrogen (secondary N) is 1. The second kappa shape index (κ2) is 7.65. The Bertz CT molecular complexity index is 879. The number of aliphatic hydroxyl groups is 1. The lowest BCUT2D eigenvalue weighted by molar-refractivity contribution is -0.0539. The third kappa shape index (κ3) is 3.07. The highest BCUT2D eigenvalue weighted by Gasteiger charge is 2.56. The van der Waals surface area contributed by atoms with Crippen molar-refractivity contribution in [3.63, 3.8) is 0 Å². The first-order valence-electron chi connectivity index (χ1n) is 10.9. The highest BCUT2D eigenvalue weighted by molar-refractivity contribution is 5.32. The van der Waals surface area contributed by atoms with Gasteiger partial charge in [-0.05, 0) is 78.6 Å². The van der Waals surface area contributed by atoms with Gasteiger partial charge in [-0.15, -0.1) is 0 Å². The van der Waals surface area contributed by atoms with E-state index in [0.717, 1.165) is 31.4 Å². The van der Waals surface area contributed by atoms with Gasteiger partial charge >= 0.3 is 0 Å². The predicted molar refractivity (Wildman–Crippen MR) is 110 cm³/mol. The monoisotopic (exact) mass is 419 g/mol. The highest BCUT2D eigenvalue weighted by atomic mass is 19.3. The molecule has 1 aromatic heterocycles. The number of aliphatic hydroxyl groups excluding tert-OH is 1. The Kier molecular flexibility index (Phi) is 5.43. The van der Waals surface area contributed by atoms with E-state index in [9.17, 15) is 13.9 Å². The van der Waals surface area contributed by atoms with Crippen LogP contribution in [0.15, 0.2) is 17.3 Å². The van der Waals surface area contributed by atoms with Crippen molar-refractivity contribution >= 4 is 0 Å². The quantitative estimate of drug-likeness (QED) is 0.290. The lowest BCUT2D eigenvalue weighted by Crippen LogP contribution is -2.52. The SMILES string of the molecule is C=C1CC[C@H]2[C@H](CN=[N+]=[N-])[C@@H]([C@@]3(C)Cc4c(C(F)F)n[nH]c4C[C@@H]3CO)CC[C@]12C. The topological polar surface area (TPSA) is 97.7 Å². The highest BCUT2D eigenvalue weighted by Crippen LogP contribution is 2.63. The fourth-order valence-electron chi connectivity index (χ4n) is 7.07. The summed E-state index contributed by atoms with van der Waals surface area (Å²) in [6.45, 7) is 9.15. The number of aromatic nitrogens is 2. The first-order chi connectivity index (χ1) is 14.3. The number of rotatable bonds is 5. The molecule has 8 heteroatoms. The molecule has 0 spiro atoms. The number of aromatic amines is 1.